The molecular weight excluding hydrogens is 250 g/mol. The highest BCUT2D eigenvalue weighted by Crippen LogP contribution is 2.30. The summed E-state index contributed by atoms with van der Waals surface area (Å²) in [7, 11) is 0. The van der Waals surface area contributed by atoms with Gasteiger partial charge in [-0.2, -0.15) is 0 Å². The van der Waals surface area contributed by atoms with Crippen LogP contribution >= 0.6 is 12.2 Å². The molecule has 0 saturated carbocycles. The fourth-order valence-electron chi connectivity index (χ4n) is 1.54. The second-order valence-electron chi connectivity index (χ2n) is 3.47. The van der Waals surface area contributed by atoms with Gasteiger partial charge in [-0.3, -0.25) is 0 Å². The molecule has 0 spiro atoms. The van der Waals surface area contributed by atoms with E-state index in [4.69, 9.17) is 27.1 Å². The van der Waals surface area contributed by atoms with E-state index in [1.807, 2.05) is 25.1 Å². The lowest BCUT2D eigenvalue weighted by Crippen LogP contribution is -2.19. The number of benzene rings is 1. The van der Waals surface area contributed by atoms with Crippen LogP contribution in [0.15, 0.2) is 35.1 Å². The fraction of sp³-hybridized carbons (Fsp3) is 0.167. The third-order valence-electron chi connectivity index (χ3n) is 2.22. The van der Waals surface area contributed by atoms with E-state index in [1.54, 1.807) is 6.20 Å². The van der Waals surface area contributed by atoms with Crippen molar-refractivity contribution in [3.63, 3.8) is 0 Å². The lowest BCUT2D eigenvalue weighted by Gasteiger charge is -2.12. The predicted molar refractivity (Wildman–Crippen MR) is 73.5 cm³/mol. The van der Waals surface area contributed by atoms with E-state index >= 15 is 0 Å². The number of aromatic nitrogens is 1. The first-order valence-corrected chi connectivity index (χ1v) is 5.84. The monoisotopic (exact) mass is 263 g/mol. The molecule has 0 unspecified atom stereocenters. The number of hydrogen-bond donors (Lipinski definition) is 2. The second-order valence-corrected chi connectivity index (χ2v) is 3.91. The molecule has 5 nitrogen and oxygen atoms in total. The zero-order valence-corrected chi connectivity index (χ0v) is 10.7. The summed E-state index contributed by atoms with van der Waals surface area (Å²) in [5.74, 6) is 1.21. The van der Waals surface area contributed by atoms with E-state index in [1.165, 1.54) is 6.26 Å². The molecule has 2 aromatic rings. The van der Waals surface area contributed by atoms with Crippen LogP contribution in [0.25, 0.3) is 11.5 Å². The van der Waals surface area contributed by atoms with E-state index in [0.29, 0.717) is 23.9 Å². The molecule has 0 aliphatic rings. The number of ether oxygens (including phenoxy) is 1. The Balaban J connectivity index is 2.38. The van der Waals surface area contributed by atoms with Crippen molar-refractivity contribution in [3.8, 4) is 17.2 Å². The Morgan fingerprint density at radius 1 is 1.56 bits per heavy atom. The average Bonchev–Trinajstić information content (AvgIpc) is 2.84. The van der Waals surface area contributed by atoms with Gasteiger partial charge in [0, 0.05) is 5.56 Å². The van der Waals surface area contributed by atoms with Crippen LogP contribution in [-0.2, 0) is 0 Å². The van der Waals surface area contributed by atoms with Crippen LogP contribution in [-0.4, -0.2) is 16.7 Å². The Labute approximate surface area is 110 Å². The Kier molecular flexibility index (Phi) is 3.78. The Morgan fingerprint density at radius 2 is 2.39 bits per heavy atom. The third-order valence-corrected chi connectivity index (χ3v) is 2.32. The molecule has 18 heavy (non-hydrogen) atoms. The lowest BCUT2D eigenvalue weighted by molar-refractivity contribution is 0.342. The van der Waals surface area contributed by atoms with Gasteiger partial charge in [0.1, 0.15) is 12.0 Å². The zero-order chi connectivity index (χ0) is 13.0. The SMILES string of the molecule is CCOc1ccc(-c2ncco2)cc1NC(N)=S. The van der Waals surface area contributed by atoms with Gasteiger partial charge < -0.3 is 20.2 Å². The molecule has 1 aromatic heterocycles. The fourth-order valence-corrected chi connectivity index (χ4v) is 1.65. The van der Waals surface area contributed by atoms with Crippen molar-refractivity contribution in [2.24, 2.45) is 5.73 Å². The molecule has 6 heteroatoms. The van der Waals surface area contributed by atoms with Gasteiger partial charge in [-0.1, -0.05) is 0 Å². The Hall–Kier alpha value is -2.08. The summed E-state index contributed by atoms with van der Waals surface area (Å²) in [6, 6.07) is 5.52. The maximum absolute atomic E-state index is 5.48. The van der Waals surface area contributed by atoms with Crippen LogP contribution in [0.1, 0.15) is 6.92 Å². The highest BCUT2D eigenvalue weighted by Gasteiger charge is 2.09. The van der Waals surface area contributed by atoms with E-state index in [2.05, 4.69) is 10.3 Å². The number of nitrogens with two attached hydrogens (primary N) is 1. The molecule has 0 amide bonds. The van der Waals surface area contributed by atoms with Crippen LogP contribution in [0, 0.1) is 0 Å². The van der Waals surface area contributed by atoms with E-state index in [0.717, 1.165) is 5.56 Å². The second kappa shape index (κ2) is 5.50. The van der Waals surface area contributed by atoms with E-state index in [-0.39, 0.29) is 5.11 Å². The summed E-state index contributed by atoms with van der Waals surface area (Å²) in [6.07, 6.45) is 3.11. The van der Waals surface area contributed by atoms with Gasteiger partial charge >= 0.3 is 0 Å². The number of nitrogens with one attached hydrogen (secondary N) is 1. The molecule has 1 aromatic carbocycles. The molecule has 0 bridgehead atoms. The summed E-state index contributed by atoms with van der Waals surface area (Å²) in [6.45, 7) is 2.47. The summed E-state index contributed by atoms with van der Waals surface area (Å²) in [4.78, 5) is 4.08. The van der Waals surface area contributed by atoms with E-state index < -0.39 is 0 Å². The molecular formula is C12H13N3O2S. The molecule has 0 fully saturated rings. The maximum atomic E-state index is 5.48. The third kappa shape index (κ3) is 2.78. The minimum atomic E-state index is 0.181. The van der Waals surface area contributed by atoms with Crippen molar-refractivity contribution >= 4 is 23.0 Å². The van der Waals surface area contributed by atoms with Gasteiger partial charge in [0.15, 0.2) is 5.11 Å². The number of anilines is 1. The molecule has 1 heterocycles. The molecule has 2 rings (SSSR count). The van der Waals surface area contributed by atoms with Gasteiger partial charge in [0.2, 0.25) is 5.89 Å². The smallest absolute Gasteiger partial charge is 0.225 e. The van der Waals surface area contributed by atoms with Crippen molar-refractivity contribution in [2.45, 2.75) is 6.92 Å². The van der Waals surface area contributed by atoms with Crippen LogP contribution in [0.4, 0.5) is 5.69 Å². The summed E-state index contributed by atoms with van der Waals surface area (Å²) >= 11 is 4.84. The van der Waals surface area contributed by atoms with Crippen molar-refractivity contribution in [2.75, 3.05) is 11.9 Å². The summed E-state index contributed by atoms with van der Waals surface area (Å²) in [5.41, 5.74) is 7.00. The van der Waals surface area contributed by atoms with Gasteiger partial charge in [-0.05, 0) is 37.3 Å². The Morgan fingerprint density at radius 3 is 3.00 bits per heavy atom. The first kappa shape index (κ1) is 12.4. The molecule has 3 N–H and O–H groups in total. The van der Waals surface area contributed by atoms with Crippen LogP contribution in [0.5, 0.6) is 5.75 Å². The predicted octanol–water partition coefficient (Wildman–Crippen LogP) is 2.40. The molecule has 94 valence electrons. The lowest BCUT2D eigenvalue weighted by atomic mass is 10.2. The van der Waals surface area contributed by atoms with E-state index in [9.17, 15) is 0 Å². The minimum Gasteiger partial charge on any atom is -0.492 e. The first-order chi connectivity index (χ1) is 8.70. The molecule has 0 aliphatic heterocycles. The molecule has 0 atom stereocenters. The number of oxazole rings is 1. The van der Waals surface area contributed by atoms with Crippen LogP contribution < -0.4 is 15.8 Å². The van der Waals surface area contributed by atoms with Crippen LogP contribution in [0.3, 0.4) is 0 Å². The van der Waals surface area contributed by atoms with Crippen molar-refractivity contribution in [3.05, 3.63) is 30.7 Å². The average molecular weight is 263 g/mol. The van der Waals surface area contributed by atoms with Crippen molar-refractivity contribution in [1.29, 1.82) is 0 Å². The van der Waals surface area contributed by atoms with Crippen LogP contribution in [0.2, 0.25) is 0 Å². The largest absolute Gasteiger partial charge is 0.492 e. The number of nitrogens with zero attached hydrogens (tertiary/aromatic N) is 1. The summed E-state index contributed by atoms with van der Waals surface area (Å²) < 4.78 is 10.7. The van der Waals surface area contributed by atoms with Gasteiger partial charge in [-0.25, -0.2) is 4.98 Å². The normalized spacial score (nSPS) is 10.1. The topological polar surface area (TPSA) is 73.3 Å². The highest BCUT2D eigenvalue weighted by atomic mass is 32.1. The molecule has 0 radical (unpaired) electrons. The Bertz CT molecular complexity index is 540. The van der Waals surface area contributed by atoms with Gasteiger partial charge in [-0.15, -0.1) is 0 Å². The number of hydrogen-bond acceptors (Lipinski definition) is 4. The van der Waals surface area contributed by atoms with Gasteiger partial charge in [0.25, 0.3) is 0 Å². The quantitative estimate of drug-likeness (QED) is 0.825. The maximum Gasteiger partial charge on any atom is 0.225 e. The highest BCUT2D eigenvalue weighted by molar-refractivity contribution is 7.80. The minimum absolute atomic E-state index is 0.181. The zero-order valence-electron chi connectivity index (χ0n) is 9.84. The first-order valence-electron chi connectivity index (χ1n) is 5.44. The van der Waals surface area contributed by atoms with Gasteiger partial charge in [0.05, 0.1) is 18.5 Å². The molecule has 0 aliphatic carbocycles. The number of rotatable bonds is 4. The number of thiocarbonyl (C=S) groups is 1. The molecule has 0 saturated heterocycles. The standard InChI is InChI=1S/C12H13N3O2S/c1-2-16-10-4-3-8(11-14-5-6-17-11)7-9(10)15-12(13)18/h3-7H,2H2,1H3,(H3,13,15,18). The van der Waals surface area contributed by atoms with Crippen molar-refractivity contribution < 1.29 is 9.15 Å². The van der Waals surface area contributed by atoms with Crippen molar-refractivity contribution in [1.82, 2.24) is 4.98 Å². The summed E-state index contributed by atoms with van der Waals surface area (Å²) in [5, 5.41) is 3.06.